The molecule has 0 aromatic rings. The smallest absolute Gasteiger partial charge is 0.0590 e. The lowest BCUT2D eigenvalue weighted by Gasteiger charge is -2.15. The SMILES string of the molecule is CCCC(CC)NCCOCC. The van der Waals surface area contributed by atoms with Gasteiger partial charge in [0.05, 0.1) is 6.61 Å². The predicted octanol–water partition coefficient (Wildman–Crippen LogP) is 2.19. The van der Waals surface area contributed by atoms with Crippen LogP contribution in [-0.2, 0) is 4.74 Å². The van der Waals surface area contributed by atoms with Crippen LogP contribution in [0.3, 0.4) is 0 Å². The molecular weight excluding hydrogens is 150 g/mol. The molecule has 0 bridgehead atoms. The van der Waals surface area contributed by atoms with Gasteiger partial charge in [0, 0.05) is 19.2 Å². The van der Waals surface area contributed by atoms with Crippen molar-refractivity contribution < 1.29 is 4.74 Å². The third kappa shape index (κ3) is 6.62. The summed E-state index contributed by atoms with van der Waals surface area (Å²) in [4.78, 5) is 0. The van der Waals surface area contributed by atoms with Crippen molar-refractivity contribution in [1.82, 2.24) is 5.32 Å². The topological polar surface area (TPSA) is 21.3 Å². The Morgan fingerprint density at radius 2 is 2.00 bits per heavy atom. The van der Waals surface area contributed by atoms with Crippen molar-refractivity contribution in [2.24, 2.45) is 0 Å². The first-order valence-electron chi connectivity index (χ1n) is 5.16. The van der Waals surface area contributed by atoms with Gasteiger partial charge in [0.2, 0.25) is 0 Å². The zero-order valence-corrected chi connectivity index (χ0v) is 8.73. The van der Waals surface area contributed by atoms with E-state index in [9.17, 15) is 0 Å². The van der Waals surface area contributed by atoms with E-state index < -0.39 is 0 Å². The molecule has 0 fully saturated rings. The molecule has 0 aromatic heterocycles. The summed E-state index contributed by atoms with van der Waals surface area (Å²) in [5.41, 5.74) is 0. The van der Waals surface area contributed by atoms with E-state index >= 15 is 0 Å². The first-order chi connectivity index (χ1) is 5.85. The highest BCUT2D eigenvalue weighted by Gasteiger charge is 2.01. The van der Waals surface area contributed by atoms with E-state index in [1.165, 1.54) is 19.3 Å². The van der Waals surface area contributed by atoms with E-state index in [-0.39, 0.29) is 0 Å². The van der Waals surface area contributed by atoms with Gasteiger partial charge < -0.3 is 10.1 Å². The normalized spacial score (nSPS) is 13.2. The Bertz CT molecular complexity index is 85.9. The Morgan fingerprint density at radius 1 is 1.25 bits per heavy atom. The monoisotopic (exact) mass is 173 g/mol. The van der Waals surface area contributed by atoms with E-state index in [4.69, 9.17) is 4.74 Å². The molecule has 0 amide bonds. The molecule has 2 nitrogen and oxygen atoms in total. The number of ether oxygens (including phenoxy) is 1. The van der Waals surface area contributed by atoms with Gasteiger partial charge in [-0.1, -0.05) is 20.3 Å². The lowest BCUT2D eigenvalue weighted by molar-refractivity contribution is 0.146. The second kappa shape index (κ2) is 9.01. The van der Waals surface area contributed by atoms with Crippen molar-refractivity contribution in [2.75, 3.05) is 19.8 Å². The minimum Gasteiger partial charge on any atom is -0.380 e. The van der Waals surface area contributed by atoms with Crippen molar-refractivity contribution in [2.45, 2.75) is 46.1 Å². The van der Waals surface area contributed by atoms with Crippen LogP contribution in [0.5, 0.6) is 0 Å². The molecule has 74 valence electrons. The minimum atomic E-state index is 0.690. The average molecular weight is 173 g/mol. The quantitative estimate of drug-likeness (QED) is 0.568. The molecule has 2 heteroatoms. The molecule has 0 spiro atoms. The summed E-state index contributed by atoms with van der Waals surface area (Å²) in [5.74, 6) is 0. The van der Waals surface area contributed by atoms with Gasteiger partial charge >= 0.3 is 0 Å². The molecule has 0 heterocycles. The molecule has 1 atom stereocenters. The molecule has 0 aliphatic rings. The molecule has 12 heavy (non-hydrogen) atoms. The van der Waals surface area contributed by atoms with Crippen molar-refractivity contribution in [1.29, 1.82) is 0 Å². The van der Waals surface area contributed by atoms with Crippen molar-refractivity contribution >= 4 is 0 Å². The summed E-state index contributed by atoms with van der Waals surface area (Å²) < 4.78 is 5.24. The second-order valence-electron chi connectivity index (χ2n) is 3.04. The van der Waals surface area contributed by atoms with E-state index in [1.54, 1.807) is 0 Å². The van der Waals surface area contributed by atoms with Crippen LogP contribution in [0.25, 0.3) is 0 Å². The first-order valence-corrected chi connectivity index (χ1v) is 5.16. The molecule has 0 aliphatic heterocycles. The van der Waals surface area contributed by atoms with Crippen LogP contribution >= 0.6 is 0 Å². The van der Waals surface area contributed by atoms with Crippen molar-refractivity contribution in [3.05, 3.63) is 0 Å². The van der Waals surface area contributed by atoms with Crippen LogP contribution < -0.4 is 5.32 Å². The molecular formula is C10H23NO. The predicted molar refractivity (Wildman–Crippen MR) is 53.5 cm³/mol. The third-order valence-electron chi connectivity index (χ3n) is 2.01. The Balaban J connectivity index is 3.19. The Morgan fingerprint density at radius 3 is 2.50 bits per heavy atom. The van der Waals surface area contributed by atoms with Crippen LogP contribution in [0.1, 0.15) is 40.0 Å². The highest BCUT2D eigenvalue weighted by atomic mass is 16.5. The molecule has 0 radical (unpaired) electrons. The lowest BCUT2D eigenvalue weighted by Crippen LogP contribution is -2.31. The van der Waals surface area contributed by atoms with Crippen molar-refractivity contribution in [3.8, 4) is 0 Å². The molecule has 0 saturated carbocycles. The number of hydrogen-bond donors (Lipinski definition) is 1. The maximum absolute atomic E-state index is 5.24. The summed E-state index contributed by atoms with van der Waals surface area (Å²) >= 11 is 0. The summed E-state index contributed by atoms with van der Waals surface area (Å²) in [5, 5.41) is 3.48. The molecule has 1 N–H and O–H groups in total. The molecule has 0 aromatic carbocycles. The van der Waals surface area contributed by atoms with Gasteiger partial charge in [-0.15, -0.1) is 0 Å². The van der Waals surface area contributed by atoms with Crippen LogP contribution in [0.4, 0.5) is 0 Å². The van der Waals surface area contributed by atoms with Crippen LogP contribution in [-0.4, -0.2) is 25.8 Å². The highest BCUT2D eigenvalue weighted by molar-refractivity contribution is 4.63. The summed E-state index contributed by atoms with van der Waals surface area (Å²) in [6.45, 7) is 9.15. The maximum atomic E-state index is 5.24. The van der Waals surface area contributed by atoms with Crippen molar-refractivity contribution in [3.63, 3.8) is 0 Å². The molecule has 0 aliphatic carbocycles. The van der Waals surface area contributed by atoms with Gasteiger partial charge in [-0.2, -0.15) is 0 Å². The largest absolute Gasteiger partial charge is 0.380 e. The Hall–Kier alpha value is -0.0800. The standard InChI is InChI=1S/C10H23NO/c1-4-7-10(5-2)11-8-9-12-6-3/h10-11H,4-9H2,1-3H3. The van der Waals surface area contributed by atoms with Gasteiger partial charge in [-0.3, -0.25) is 0 Å². The third-order valence-corrected chi connectivity index (χ3v) is 2.01. The summed E-state index contributed by atoms with van der Waals surface area (Å²) in [6, 6.07) is 0.690. The van der Waals surface area contributed by atoms with Gasteiger partial charge in [0.25, 0.3) is 0 Å². The molecule has 1 unspecified atom stereocenters. The lowest BCUT2D eigenvalue weighted by atomic mass is 10.1. The van der Waals surface area contributed by atoms with E-state index in [1.807, 2.05) is 6.92 Å². The van der Waals surface area contributed by atoms with E-state index in [0.717, 1.165) is 19.8 Å². The second-order valence-corrected chi connectivity index (χ2v) is 3.04. The van der Waals surface area contributed by atoms with E-state index in [0.29, 0.717) is 6.04 Å². The summed E-state index contributed by atoms with van der Waals surface area (Å²) in [7, 11) is 0. The number of rotatable bonds is 8. The minimum absolute atomic E-state index is 0.690. The number of nitrogens with one attached hydrogen (secondary N) is 1. The molecule has 0 saturated heterocycles. The van der Waals surface area contributed by atoms with Gasteiger partial charge in [0.1, 0.15) is 0 Å². The van der Waals surface area contributed by atoms with Crippen LogP contribution in [0.2, 0.25) is 0 Å². The Kier molecular flexibility index (Phi) is 8.95. The van der Waals surface area contributed by atoms with Gasteiger partial charge in [0.15, 0.2) is 0 Å². The summed E-state index contributed by atoms with van der Waals surface area (Å²) in [6.07, 6.45) is 3.77. The van der Waals surface area contributed by atoms with E-state index in [2.05, 4.69) is 19.2 Å². The fraction of sp³-hybridized carbons (Fsp3) is 1.00. The first kappa shape index (κ1) is 11.9. The zero-order valence-electron chi connectivity index (χ0n) is 8.73. The van der Waals surface area contributed by atoms with Gasteiger partial charge in [-0.25, -0.2) is 0 Å². The van der Waals surface area contributed by atoms with Crippen LogP contribution in [0, 0.1) is 0 Å². The molecule has 0 rings (SSSR count). The van der Waals surface area contributed by atoms with Crippen LogP contribution in [0.15, 0.2) is 0 Å². The zero-order chi connectivity index (χ0) is 9.23. The fourth-order valence-electron chi connectivity index (χ4n) is 1.28. The average Bonchev–Trinajstić information content (AvgIpc) is 2.10. The van der Waals surface area contributed by atoms with Gasteiger partial charge in [-0.05, 0) is 19.8 Å². The number of hydrogen-bond acceptors (Lipinski definition) is 2. The fourth-order valence-corrected chi connectivity index (χ4v) is 1.28. The highest BCUT2D eigenvalue weighted by Crippen LogP contribution is 1.99. The Labute approximate surface area is 76.7 Å². The maximum Gasteiger partial charge on any atom is 0.0590 e.